The maximum absolute atomic E-state index is 11.4. The molecule has 0 aromatic rings. The smallest absolute Gasteiger partial charge is 0.320 e. The molecule has 5 heteroatoms. The number of rotatable bonds is 5. The largest absolute Gasteiger partial charge is 0.480 e. The van der Waals surface area contributed by atoms with E-state index in [1.807, 2.05) is 0 Å². The van der Waals surface area contributed by atoms with Gasteiger partial charge >= 0.3 is 5.97 Å². The van der Waals surface area contributed by atoms with Gasteiger partial charge in [0, 0.05) is 6.42 Å². The van der Waals surface area contributed by atoms with E-state index in [1.165, 1.54) is 0 Å². The Morgan fingerprint density at radius 3 is 2.14 bits per heavy atom. The predicted molar refractivity (Wildman–Crippen MR) is 52.7 cm³/mol. The summed E-state index contributed by atoms with van der Waals surface area (Å²) < 4.78 is 0. The second-order valence-corrected chi connectivity index (χ2v) is 4.19. The van der Waals surface area contributed by atoms with Crippen molar-refractivity contribution in [2.75, 3.05) is 0 Å². The summed E-state index contributed by atoms with van der Waals surface area (Å²) in [6.45, 7) is 4.81. The van der Waals surface area contributed by atoms with E-state index in [9.17, 15) is 9.59 Å². The molecule has 0 aliphatic heterocycles. The fourth-order valence-corrected chi connectivity index (χ4v) is 0.926. The number of carbonyl (C=O) groups is 2. The van der Waals surface area contributed by atoms with Gasteiger partial charge in [0.25, 0.3) is 0 Å². The summed E-state index contributed by atoms with van der Waals surface area (Å²) in [5.41, 5.74) is 10.0. The number of nitrogens with two attached hydrogens (primary N) is 2. The van der Waals surface area contributed by atoms with Crippen LogP contribution < -0.4 is 11.5 Å². The Kier molecular flexibility index (Phi) is 4.22. The molecule has 0 rings (SSSR count). The van der Waals surface area contributed by atoms with Crippen LogP contribution in [-0.2, 0) is 9.59 Å². The number of carbonyl (C=O) groups excluding carboxylic acids is 1. The Morgan fingerprint density at radius 2 is 1.86 bits per heavy atom. The SMILES string of the molecule is CC(CC(=O)C(C)(C)N)[C@H](N)C(=O)O. The van der Waals surface area contributed by atoms with Gasteiger partial charge in [-0.25, -0.2) is 0 Å². The van der Waals surface area contributed by atoms with Gasteiger partial charge < -0.3 is 16.6 Å². The van der Waals surface area contributed by atoms with Gasteiger partial charge in [0.2, 0.25) is 0 Å². The average Bonchev–Trinajstić information content (AvgIpc) is 2.00. The van der Waals surface area contributed by atoms with Crippen LogP contribution in [0.15, 0.2) is 0 Å². The highest BCUT2D eigenvalue weighted by Crippen LogP contribution is 2.12. The van der Waals surface area contributed by atoms with Crippen LogP contribution in [0.25, 0.3) is 0 Å². The van der Waals surface area contributed by atoms with Crippen LogP contribution in [0, 0.1) is 5.92 Å². The number of hydrogen-bond donors (Lipinski definition) is 3. The maximum Gasteiger partial charge on any atom is 0.320 e. The average molecular weight is 202 g/mol. The van der Waals surface area contributed by atoms with Gasteiger partial charge in [-0.05, 0) is 19.8 Å². The molecule has 2 atom stereocenters. The van der Waals surface area contributed by atoms with Gasteiger partial charge in [-0.15, -0.1) is 0 Å². The molecule has 0 spiro atoms. The molecular weight excluding hydrogens is 184 g/mol. The van der Waals surface area contributed by atoms with Crippen molar-refractivity contribution in [3.8, 4) is 0 Å². The zero-order valence-electron chi connectivity index (χ0n) is 8.78. The van der Waals surface area contributed by atoms with Crippen molar-refractivity contribution in [1.82, 2.24) is 0 Å². The van der Waals surface area contributed by atoms with Gasteiger partial charge in [0.1, 0.15) is 6.04 Å². The van der Waals surface area contributed by atoms with Crippen molar-refractivity contribution in [2.45, 2.75) is 38.8 Å². The fraction of sp³-hybridized carbons (Fsp3) is 0.778. The highest BCUT2D eigenvalue weighted by molar-refractivity contribution is 5.88. The molecule has 82 valence electrons. The molecule has 0 radical (unpaired) electrons. The van der Waals surface area contributed by atoms with Gasteiger partial charge in [-0.3, -0.25) is 9.59 Å². The second-order valence-electron chi connectivity index (χ2n) is 4.19. The number of Topliss-reactive ketones (excluding diaryl/α,β-unsaturated/α-hetero) is 1. The Balaban J connectivity index is 4.27. The number of aliphatic carboxylic acids is 1. The molecule has 0 bridgehead atoms. The van der Waals surface area contributed by atoms with Gasteiger partial charge in [0.15, 0.2) is 5.78 Å². The molecule has 0 heterocycles. The lowest BCUT2D eigenvalue weighted by molar-refractivity contribution is -0.140. The van der Waals surface area contributed by atoms with E-state index in [-0.39, 0.29) is 12.2 Å². The number of carboxylic acid groups (broad SMARTS) is 1. The standard InChI is InChI=1S/C9H18N2O3/c1-5(7(10)8(13)14)4-6(12)9(2,3)11/h5,7H,4,10-11H2,1-3H3,(H,13,14)/t5?,7-/m0/s1. The van der Waals surface area contributed by atoms with E-state index in [0.29, 0.717) is 0 Å². The molecule has 0 amide bonds. The molecule has 1 unspecified atom stereocenters. The Labute approximate surface area is 83.5 Å². The minimum atomic E-state index is -1.10. The van der Waals surface area contributed by atoms with Crippen LogP contribution in [0.2, 0.25) is 0 Å². The molecule has 0 fully saturated rings. The van der Waals surface area contributed by atoms with Gasteiger partial charge in [-0.1, -0.05) is 6.92 Å². The molecule has 0 aliphatic carbocycles. The van der Waals surface area contributed by atoms with E-state index in [1.54, 1.807) is 20.8 Å². The van der Waals surface area contributed by atoms with Crippen molar-refractivity contribution >= 4 is 11.8 Å². The first-order valence-corrected chi connectivity index (χ1v) is 4.47. The summed E-state index contributed by atoms with van der Waals surface area (Å²) in [6.07, 6.45) is 0.0942. The zero-order chi connectivity index (χ0) is 11.5. The van der Waals surface area contributed by atoms with Crippen molar-refractivity contribution in [3.05, 3.63) is 0 Å². The van der Waals surface area contributed by atoms with Gasteiger partial charge in [0.05, 0.1) is 5.54 Å². The van der Waals surface area contributed by atoms with Crippen LogP contribution >= 0.6 is 0 Å². The molecular formula is C9H18N2O3. The molecule has 5 nitrogen and oxygen atoms in total. The third-order valence-electron chi connectivity index (χ3n) is 2.12. The van der Waals surface area contributed by atoms with Crippen LogP contribution in [0.4, 0.5) is 0 Å². The molecule has 0 saturated heterocycles. The minimum absolute atomic E-state index is 0.0942. The van der Waals surface area contributed by atoms with Crippen LogP contribution in [0.1, 0.15) is 27.2 Å². The monoisotopic (exact) mass is 202 g/mol. The first kappa shape index (κ1) is 13.1. The summed E-state index contributed by atoms with van der Waals surface area (Å²) in [5.74, 6) is -1.68. The van der Waals surface area contributed by atoms with E-state index in [0.717, 1.165) is 0 Å². The Bertz CT molecular complexity index is 233. The summed E-state index contributed by atoms with van der Waals surface area (Å²) >= 11 is 0. The zero-order valence-corrected chi connectivity index (χ0v) is 8.78. The highest BCUT2D eigenvalue weighted by Gasteiger charge is 2.28. The van der Waals surface area contributed by atoms with Crippen molar-refractivity contribution in [1.29, 1.82) is 0 Å². The third kappa shape index (κ3) is 3.85. The fourth-order valence-electron chi connectivity index (χ4n) is 0.926. The van der Waals surface area contributed by atoms with Gasteiger partial charge in [-0.2, -0.15) is 0 Å². The van der Waals surface area contributed by atoms with Crippen molar-refractivity contribution in [2.24, 2.45) is 17.4 Å². The predicted octanol–water partition coefficient (Wildman–Crippen LogP) is -0.269. The first-order chi connectivity index (χ1) is 6.16. The Morgan fingerprint density at radius 1 is 1.43 bits per heavy atom. The minimum Gasteiger partial charge on any atom is -0.480 e. The number of ketones is 1. The number of hydrogen-bond acceptors (Lipinski definition) is 4. The molecule has 0 aromatic carbocycles. The third-order valence-corrected chi connectivity index (χ3v) is 2.12. The van der Waals surface area contributed by atoms with E-state index < -0.39 is 23.5 Å². The topological polar surface area (TPSA) is 106 Å². The molecule has 14 heavy (non-hydrogen) atoms. The van der Waals surface area contributed by atoms with E-state index in [4.69, 9.17) is 16.6 Å². The van der Waals surface area contributed by atoms with E-state index >= 15 is 0 Å². The molecule has 0 aliphatic rings. The van der Waals surface area contributed by atoms with Crippen LogP contribution in [0.5, 0.6) is 0 Å². The number of carboxylic acids is 1. The highest BCUT2D eigenvalue weighted by atomic mass is 16.4. The lowest BCUT2D eigenvalue weighted by atomic mass is 9.89. The summed E-state index contributed by atoms with van der Waals surface area (Å²) in [7, 11) is 0. The lowest BCUT2D eigenvalue weighted by Gasteiger charge is -2.21. The Hall–Kier alpha value is -0.940. The normalized spacial score (nSPS) is 16.1. The van der Waals surface area contributed by atoms with Crippen LogP contribution in [0.3, 0.4) is 0 Å². The maximum atomic E-state index is 11.4. The first-order valence-electron chi connectivity index (χ1n) is 4.47. The van der Waals surface area contributed by atoms with Crippen molar-refractivity contribution < 1.29 is 14.7 Å². The second kappa shape index (κ2) is 4.52. The lowest BCUT2D eigenvalue weighted by Crippen LogP contribution is -2.45. The summed E-state index contributed by atoms with van der Waals surface area (Å²) in [4.78, 5) is 21.9. The van der Waals surface area contributed by atoms with E-state index in [2.05, 4.69) is 0 Å². The quantitative estimate of drug-likeness (QED) is 0.569. The molecule has 0 saturated carbocycles. The molecule has 5 N–H and O–H groups in total. The van der Waals surface area contributed by atoms with Crippen molar-refractivity contribution in [3.63, 3.8) is 0 Å². The molecule has 0 aromatic heterocycles. The summed E-state index contributed by atoms with van der Waals surface area (Å²) in [5, 5.41) is 8.60. The van der Waals surface area contributed by atoms with Crippen LogP contribution in [-0.4, -0.2) is 28.4 Å². The summed E-state index contributed by atoms with van der Waals surface area (Å²) in [6, 6.07) is -1.01.